The predicted octanol–water partition coefficient (Wildman–Crippen LogP) is 10.2. The number of unbranched alkanes of at least 4 members (excludes halogenated alkanes) is 23. The Morgan fingerprint density at radius 3 is 1.36 bits per heavy atom. The molecule has 0 aromatic rings. The van der Waals surface area contributed by atoms with Crippen molar-refractivity contribution in [3.8, 4) is 0 Å². The van der Waals surface area contributed by atoms with Crippen molar-refractivity contribution in [3.63, 3.8) is 0 Å². The molecular formula is C33H65NO2. The van der Waals surface area contributed by atoms with Crippen LogP contribution in [0.3, 0.4) is 0 Å². The smallest absolute Gasteiger partial charge is 0.220 e. The first-order chi connectivity index (χ1) is 17.7. The van der Waals surface area contributed by atoms with Gasteiger partial charge in [0, 0.05) is 13.0 Å². The Kier molecular flexibility index (Phi) is 29.7. The highest BCUT2D eigenvalue weighted by molar-refractivity contribution is 5.75. The molecule has 0 rings (SSSR count). The van der Waals surface area contributed by atoms with Crippen LogP contribution in [0.15, 0.2) is 12.2 Å². The molecule has 1 unspecified atom stereocenters. The topological polar surface area (TPSA) is 49.3 Å². The maximum Gasteiger partial charge on any atom is 0.220 e. The van der Waals surface area contributed by atoms with Gasteiger partial charge in [0.2, 0.25) is 5.91 Å². The van der Waals surface area contributed by atoms with Gasteiger partial charge in [-0.3, -0.25) is 4.79 Å². The number of hydrogen-bond acceptors (Lipinski definition) is 2. The molecular weight excluding hydrogens is 442 g/mol. The lowest BCUT2D eigenvalue weighted by molar-refractivity contribution is -0.121. The summed E-state index contributed by atoms with van der Waals surface area (Å²) < 4.78 is 0. The van der Waals surface area contributed by atoms with E-state index in [1.54, 1.807) is 0 Å². The maximum absolute atomic E-state index is 12.0. The average Bonchev–Trinajstić information content (AvgIpc) is 2.88. The average molecular weight is 508 g/mol. The predicted molar refractivity (Wildman–Crippen MR) is 160 cm³/mol. The molecule has 3 nitrogen and oxygen atoms in total. The van der Waals surface area contributed by atoms with Gasteiger partial charge in [-0.15, -0.1) is 0 Å². The molecule has 0 radical (unpaired) electrons. The molecule has 1 amide bonds. The fourth-order valence-electron chi connectivity index (χ4n) is 4.86. The molecule has 214 valence electrons. The molecule has 36 heavy (non-hydrogen) atoms. The molecule has 1 atom stereocenters. The second-order valence-corrected chi connectivity index (χ2v) is 11.1. The van der Waals surface area contributed by atoms with Gasteiger partial charge in [0.1, 0.15) is 0 Å². The summed E-state index contributed by atoms with van der Waals surface area (Å²) in [5, 5.41) is 12.9. The number of hydrogen-bond donors (Lipinski definition) is 2. The second kappa shape index (κ2) is 30.4. The molecule has 0 aliphatic rings. The summed E-state index contributed by atoms with van der Waals surface area (Å²) in [7, 11) is 0. The van der Waals surface area contributed by atoms with E-state index in [4.69, 9.17) is 0 Å². The molecule has 0 saturated heterocycles. The van der Waals surface area contributed by atoms with Crippen molar-refractivity contribution in [2.24, 2.45) is 0 Å². The van der Waals surface area contributed by atoms with Gasteiger partial charge in [0.15, 0.2) is 0 Å². The van der Waals surface area contributed by atoms with E-state index in [1.165, 1.54) is 141 Å². The quantitative estimate of drug-likeness (QED) is 0.0781. The summed E-state index contributed by atoms with van der Waals surface area (Å²) in [4.78, 5) is 12.0. The Morgan fingerprint density at radius 2 is 0.944 bits per heavy atom. The van der Waals surface area contributed by atoms with Crippen LogP contribution >= 0.6 is 0 Å². The largest absolute Gasteiger partial charge is 0.387 e. The highest BCUT2D eigenvalue weighted by Gasteiger charge is 2.04. The molecule has 0 spiro atoms. The van der Waals surface area contributed by atoms with E-state index < -0.39 is 6.10 Å². The first kappa shape index (κ1) is 35.2. The summed E-state index contributed by atoms with van der Waals surface area (Å²) in [5.41, 5.74) is 0. The third kappa shape index (κ3) is 29.4. The van der Waals surface area contributed by atoms with Crippen molar-refractivity contribution < 1.29 is 9.90 Å². The Hall–Kier alpha value is -0.830. The van der Waals surface area contributed by atoms with Gasteiger partial charge >= 0.3 is 0 Å². The second-order valence-electron chi connectivity index (χ2n) is 11.1. The normalized spacial score (nSPS) is 12.4. The Morgan fingerprint density at radius 1 is 0.583 bits per heavy atom. The van der Waals surface area contributed by atoms with Crippen LogP contribution in [0.4, 0.5) is 0 Å². The van der Waals surface area contributed by atoms with Crippen LogP contribution in [0, 0.1) is 0 Å². The molecule has 0 fully saturated rings. The van der Waals surface area contributed by atoms with Crippen LogP contribution in [-0.2, 0) is 4.79 Å². The van der Waals surface area contributed by atoms with E-state index in [1.807, 2.05) is 6.08 Å². The highest BCUT2D eigenvalue weighted by Crippen LogP contribution is 2.14. The van der Waals surface area contributed by atoms with Gasteiger partial charge in [0.05, 0.1) is 6.10 Å². The lowest BCUT2D eigenvalue weighted by Crippen LogP contribution is -2.30. The summed E-state index contributed by atoms with van der Waals surface area (Å²) in [5.74, 6) is 0.0795. The fraction of sp³-hybridized carbons (Fsp3) is 0.909. The number of carbonyl (C=O) groups excluding carboxylic acids is 1. The summed E-state index contributed by atoms with van der Waals surface area (Å²) in [6.07, 6.45) is 37.1. The van der Waals surface area contributed by atoms with E-state index in [9.17, 15) is 9.90 Å². The van der Waals surface area contributed by atoms with Gasteiger partial charge in [-0.1, -0.05) is 167 Å². The zero-order valence-corrected chi connectivity index (χ0v) is 24.7. The van der Waals surface area contributed by atoms with Crippen molar-refractivity contribution >= 4 is 5.91 Å². The van der Waals surface area contributed by atoms with Crippen LogP contribution in [-0.4, -0.2) is 23.7 Å². The Balaban J connectivity index is 3.35. The minimum atomic E-state index is -0.562. The van der Waals surface area contributed by atoms with E-state index in [2.05, 4.69) is 25.2 Å². The standard InChI is InChI=1S/C33H65NO2/c1-3-5-7-9-11-13-15-17-19-21-23-25-27-29-32(35)31-34-33(36)30-28-26-24-22-20-18-16-14-12-10-8-6-4-2/h27,29,32,35H,3-26,28,30-31H2,1-2H3,(H,34,36)/b29-27+. The molecule has 2 N–H and O–H groups in total. The van der Waals surface area contributed by atoms with E-state index in [0.29, 0.717) is 13.0 Å². The summed E-state index contributed by atoms with van der Waals surface area (Å²) >= 11 is 0. The maximum atomic E-state index is 12.0. The zero-order chi connectivity index (χ0) is 26.4. The van der Waals surface area contributed by atoms with Crippen LogP contribution in [0.25, 0.3) is 0 Å². The summed E-state index contributed by atoms with van der Waals surface area (Å²) in [6, 6.07) is 0. The third-order valence-electron chi connectivity index (χ3n) is 7.35. The number of aliphatic hydroxyl groups is 1. The van der Waals surface area contributed by atoms with Gasteiger partial charge in [0.25, 0.3) is 0 Å². The number of amides is 1. The highest BCUT2D eigenvalue weighted by atomic mass is 16.3. The van der Waals surface area contributed by atoms with Crippen LogP contribution in [0.5, 0.6) is 0 Å². The lowest BCUT2D eigenvalue weighted by Gasteiger charge is -2.08. The van der Waals surface area contributed by atoms with Gasteiger partial charge in [-0.25, -0.2) is 0 Å². The first-order valence-electron chi connectivity index (χ1n) is 16.3. The van der Waals surface area contributed by atoms with E-state index >= 15 is 0 Å². The van der Waals surface area contributed by atoms with Crippen molar-refractivity contribution in [2.45, 2.75) is 187 Å². The first-order valence-corrected chi connectivity index (χ1v) is 16.3. The zero-order valence-electron chi connectivity index (χ0n) is 24.7. The third-order valence-corrected chi connectivity index (χ3v) is 7.35. The molecule has 0 aromatic heterocycles. The monoisotopic (exact) mass is 508 g/mol. The van der Waals surface area contributed by atoms with E-state index in [0.717, 1.165) is 19.3 Å². The minimum Gasteiger partial charge on any atom is -0.387 e. The number of aliphatic hydroxyl groups excluding tert-OH is 1. The fourth-order valence-corrected chi connectivity index (χ4v) is 4.86. The molecule has 0 aromatic carbocycles. The summed E-state index contributed by atoms with van der Waals surface area (Å²) in [6.45, 7) is 4.89. The number of carbonyl (C=O) groups is 1. The van der Waals surface area contributed by atoms with Crippen molar-refractivity contribution in [3.05, 3.63) is 12.2 Å². The van der Waals surface area contributed by atoms with E-state index in [-0.39, 0.29) is 5.91 Å². The Labute approximate surface area is 226 Å². The lowest BCUT2D eigenvalue weighted by atomic mass is 10.0. The van der Waals surface area contributed by atoms with Crippen LogP contribution in [0.2, 0.25) is 0 Å². The Bertz CT molecular complexity index is 463. The SMILES string of the molecule is CCCCCCCCCCCCC/C=C/C(O)CNC(=O)CCCCCCCCCCCCCCC. The van der Waals surface area contributed by atoms with Crippen LogP contribution < -0.4 is 5.32 Å². The molecule has 3 heteroatoms. The van der Waals surface area contributed by atoms with Crippen LogP contribution in [0.1, 0.15) is 181 Å². The molecule has 0 saturated carbocycles. The number of allylic oxidation sites excluding steroid dienone is 1. The minimum absolute atomic E-state index is 0.0795. The van der Waals surface area contributed by atoms with Crippen molar-refractivity contribution in [1.82, 2.24) is 5.32 Å². The van der Waals surface area contributed by atoms with Gasteiger partial charge in [-0.05, 0) is 19.3 Å². The molecule has 0 bridgehead atoms. The van der Waals surface area contributed by atoms with Crippen molar-refractivity contribution in [1.29, 1.82) is 0 Å². The molecule has 0 heterocycles. The molecule has 0 aliphatic carbocycles. The molecule has 0 aliphatic heterocycles. The van der Waals surface area contributed by atoms with Crippen molar-refractivity contribution in [2.75, 3.05) is 6.54 Å². The number of nitrogens with one attached hydrogen (secondary N) is 1. The number of rotatable bonds is 29. The van der Waals surface area contributed by atoms with Gasteiger partial charge in [-0.2, -0.15) is 0 Å². The van der Waals surface area contributed by atoms with Gasteiger partial charge < -0.3 is 10.4 Å².